The highest BCUT2D eigenvalue weighted by Gasteiger charge is 2.45. The summed E-state index contributed by atoms with van der Waals surface area (Å²) < 4.78 is 38.2. The average Bonchev–Trinajstić information content (AvgIpc) is 2.28. The van der Waals surface area contributed by atoms with Crippen molar-refractivity contribution in [3.05, 3.63) is 35.9 Å². The number of carbonyl (C=O) groups is 1. The predicted octanol–water partition coefficient (Wildman–Crippen LogP) is 1.80. The van der Waals surface area contributed by atoms with Gasteiger partial charge in [0, 0.05) is 20.6 Å². The Balaban J connectivity index is 2.72. The van der Waals surface area contributed by atoms with E-state index in [9.17, 15) is 18.0 Å². The molecular formula is C12H15F3N2O. The number of hydrogen-bond acceptors (Lipinski definition) is 2. The molecule has 1 aromatic rings. The van der Waals surface area contributed by atoms with Crippen molar-refractivity contribution >= 4 is 5.91 Å². The molecule has 100 valence electrons. The Bertz CT molecular complexity index is 390. The molecule has 1 atom stereocenters. The number of hydrogen-bond donors (Lipinski definition) is 1. The Morgan fingerprint density at radius 2 is 1.83 bits per heavy atom. The molecule has 18 heavy (non-hydrogen) atoms. The van der Waals surface area contributed by atoms with Gasteiger partial charge in [0.15, 0.2) is 6.04 Å². The Morgan fingerprint density at radius 3 is 2.28 bits per heavy atom. The molecule has 6 heteroatoms. The minimum absolute atomic E-state index is 0.00933. The van der Waals surface area contributed by atoms with Gasteiger partial charge in [0.25, 0.3) is 0 Å². The average molecular weight is 260 g/mol. The Kier molecular flexibility index (Phi) is 4.72. The van der Waals surface area contributed by atoms with Gasteiger partial charge in [-0.25, -0.2) is 0 Å². The zero-order valence-electron chi connectivity index (χ0n) is 10.2. The smallest absolute Gasteiger partial charge is 0.347 e. The summed E-state index contributed by atoms with van der Waals surface area (Å²) in [4.78, 5) is 12.4. The quantitative estimate of drug-likeness (QED) is 0.895. The molecule has 0 saturated heterocycles. The zero-order valence-corrected chi connectivity index (χ0v) is 10.2. The summed E-state index contributed by atoms with van der Waals surface area (Å²) in [5.41, 5.74) is 0.693. The van der Waals surface area contributed by atoms with Crippen molar-refractivity contribution < 1.29 is 18.0 Å². The lowest BCUT2D eigenvalue weighted by atomic mass is 10.2. The van der Waals surface area contributed by atoms with Crippen LogP contribution in [0.15, 0.2) is 30.3 Å². The van der Waals surface area contributed by atoms with E-state index < -0.39 is 18.1 Å². The fourth-order valence-corrected chi connectivity index (χ4v) is 1.42. The van der Waals surface area contributed by atoms with Gasteiger partial charge in [-0.15, -0.1) is 0 Å². The SMILES string of the molecule is CN(C)C(=O)C(NCc1ccccc1)C(F)(F)F. The van der Waals surface area contributed by atoms with Crippen molar-refractivity contribution in [3.8, 4) is 0 Å². The third-order valence-corrected chi connectivity index (χ3v) is 2.37. The van der Waals surface area contributed by atoms with E-state index in [1.807, 2.05) is 0 Å². The van der Waals surface area contributed by atoms with Crippen LogP contribution in [-0.2, 0) is 11.3 Å². The van der Waals surface area contributed by atoms with Gasteiger partial charge in [-0.3, -0.25) is 10.1 Å². The second kappa shape index (κ2) is 5.86. The number of rotatable bonds is 4. The molecule has 1 aromatic carbocycles. The largest absolute Gasteiger partial charge is 0.412 e. The molecule has 1 unspecified atom stereocenters. The Hall–Kier alpha value is -1.56. The first-order valence-electron chi connectivity index (χ1n) is 5.37. The normalized spacial score (nSPS) is 13.2. The fraction of sp³-hybridized carbons (Fsp3) is 0.417. The summed E-state index contributed by atoms with van der Waals surface area (Å²) in [6, 6.07) is 6.45. The van der Waals surface area contributed by atoms with Crippen LogP contribution in [0.3, 0.4) is 0 Å². The number of carbonyl (C=O) groups excluding carboxylic acids is 1. The first-order valence-corrected chi connectivity index (χ1v) is 5.37. The van der Waals surface area contributed by atoms with E-state index in [1.165, 1.54) is 14.1 Å². The molecule has 0 aliphatic heterocycles. The fourth-order valence-electron chi connectivity index (χ4n) is 1.42. The standard InChI is InChI=1S/C12H15F3N2O/c1-17(2)11(18)10(12(13,14)15)16-8-9-6-4-3-5-7-9/h3-7,10,16H,8H2,1-2H3. The molecular weight excluding hydrogens is 245 g/mol. The van der Waals surface area contributed by atoms with Crippen LogP contribution in [0.1, 0.15) is 5.56 Å². The molecule has 0 bridgehead atoms. The molecule has 0 fully saturated rings. The molecule has 0 aliphatic carbocycles. The van der Waals surface area contributed by atoms with E-state index in [0.29, 0.717) is 5.56 Å². The van der Waals surface area contributed by atoms with Crippen molar-refractivity contribution in [2.75, 3.05) is 14.1 Å². The van der Waals surface area contributed by atoms with E-state index in [1.54, 1.807) is 30.3 Å². The van der Waals surface area contributed by atoms with Crippen LogP contribution in [0, 0.1) is 0 Å². The van der Waals surface area contributed by atoms with Gasteiger partial charge in [0.2, 0.25) is 5.91 Å². The highest BCUT2D eigenvalue weighted by atomic mass is 19.4. The lowest BCUT2D eigenvalue weighted by Crippen LogP contribution is -2.52. The lowest BCUT2D eigenvalue weighted by Gasteiger charge is -2.23. The van der Waals surface area contributed by atoms with E-state index in [2.05, 4.69) is 5.32 Å². The maximum atomic E-state index is 12.7. The van der Waals surface area contributed by atoms with Crippen molar-refractivity contribution in [2.45, 2.75) is 18.8 Å². The third-order valence-electron chi connectivity index (χ3n) is 2.37. The monoisotopic (exact) mass is 260 g/mol. The number of nitrogens with one attached hydrogen (secondary N) is 1. The number of halogens is 3. The van der Waals surface area contributed by atoms with Crippen molar-refractivity contribution in [3.63, 3.8) is 0 Å². The van der Waals surface area contributed by atoms with Gasteiger partial charge in [-0.2, -0.15) is 13.2 Å². The topological polar surface area (TPSA) is 32.3 Å². The van der Waals surface area contributed by atoms with Gasteiger partial charge in [0.05, 0.1) is 0 Å². The first-order chi connectivity index (χ1) is 8.32. The second-order valence-corrected chi connectivity index (χ2v) is 4.07. The van der Waals surface area contributed by atoms with Crippen LogP contribution >= 0.6 is 0 Å². The molecule has 0 radical (unpaired) electrons. The zero-order chi connectivity index (χ0) is 13.8. The number of likely N-dealkylation sites (N-methyl/N-ethyl adjacent to an activating group) is 1. The van der Waals surface area contributed by atoms with Crippen molar-refractivity contribution in [1.29, 1.82) is 0 Å². The van der Waals surface area contributed by atoms with Gasteiger partial charge >= 0.3 is 6.18 Å². The molecule has 0 spiro atoms. The minimum atomic E-state index is -4.60. The maximum absolute atomic E-state index is 12.7. The van der Waals surface area contributed by atoms with Gasteiger partial charge in [-0.05, 0) is 5.56 Å². The summed E-state index contributed by atoms with van der Waals surface area (Å²) in [7, 11) is 2.59. The van der Waals surface area contributed by atoms with Gasteiger partial charge in [0.1, 0.15) is 0 Å². The molecule has 0 aliphatic rings. The minimum Gasteiger partial charge on any atom is -0.347 e. The van der Waals surface area contributed by atoms with E-state index in [-0.39, 0.29) is 6.54 Å². The number of nitrogens with zero attached hydrogens (tertiary/aromatic N) is 1. The molecule has 0 aromatic heterocycles. The van der Waals surface area contributed by atoms with Crippen LogP contribution in [0.5, 0.6) is 0 Å². The summed E-state index contributed by atoms with van der Waals surface area (Å²) in [5, 5.41) is 2.24. The summed E-state index contributed by atoms with van der Waals surface area (Å²) >= 11 is 0. The van der Waals surface area contributed by atoms with Gasteiger partial charge in [-0.1, -0.05) is 30.3 Å². The van der Waals surface area contributed by atoms with E-state index in [4.69, 9.17) is 0 Å². The Labute approximate surface area is 104 Å². The van der Waals surface area contributed by atoms with Crippen LogP contribution < -0.4 is 5.32 Å². The maximum Gasteiger partial charge on any atom is 0.412 e. The van der Waals surface area contributed by atoms with E-state index in [0.717, 1.165) is 4.90 Å². The van der Waals surface area contributed by atoms with Crippen LogP contribution in [0.4, 0.5) is 13.2 Å². The highest BCUT2D eigenvalue weighted by molar-refractivity contribution is 5.82. The van der Waals surface area contributed by atoms with Crippen molar-refractivity contribution in [2.24, 2.45) is 0 Å². The van der Waals surface area contributed by atoms with Crippen molar-refractivity contribution in [1.82, 2.24) is 10.2 Å². The van der Waals surface area contributed by atoms with Crippen LogP contribution in [0.25, 0.3) is 0 Å². The number of alkyl halides is 3. The molecule has 0 heterocycles. The first kappa shape index (κ1) is 14.5. The summed E-state index contributed by atoms with van der Waals surface area (Å²) in [6.45, 7) is -0.00933. The number of amides is 1. The number of benzene rings is 1. The molecule has 1 rings (SSSR count). The van der Waals surface area contributed by atoms with Crippen LogP contribution in [-0.4, -0.2) is 37.1 Å². The van der Waals surface area contributed by atoms with Crippen LogP contribution in [0.2, 0.25) is 0 Å². The van der Waals surface area contributed by atoms with E-state index >= 15 is 0 Å². The summed E-state index contributed by atoms with van der Waals surface area (Å²) in [5.74, 6) is -1.00. The molecule has 3 nitrogen and oxygen atoms in total. The summed E-state index contributed by atoms with van der Waals surface area (Å²) in [6.07, 6.45) is -4.60. The third kappa shape index (κ3) is 4.03. The van der Waals surface area contributed by atoms with Gasteiger partial charge < -0.3 is 4.90 Å². The second-order valence-electron chi connectivity index (χ2n) is 4.07. The predicted molar refractivity (Wildman–Crippen MR) is 61.8 cm³/mol. The lowest BCUT2D eigenvalue weighted by molar-refractivity contribution is -0.174. The molecule has 0 saturated carbocycles. The molecule has 1 N–H and O–H groups in total. The Morgan fingerprint density at radius 1 is 1.28 bits per heavy atom. The molecule has 1 amide bonds. The highest BCUT2D eigenvalue weighted by Crippen LogP contribution is 2.21.